The summed E-state index contributed by atoms with van der Waals surface area (Å²) in [5.74, 6) is -1.45. The van der Waals surface area contributed by atoms with Crippen LogP contribution in [0.4, 0.5) is 4.39 Å². The lowest BCUT2D eigenvalue weighted by Gasteiger charge is -2.16. The molecular formula is C25H23ClFN5O3. The van der Waals surface area contributed by atoms with Gasteiger partial charge in [-0.2, -0.15) is 5.10 Å². The predicted molar refractivity (Wildman–Crippen MR) is 129 cm³/mol. The fourth-order valence-electron chi connectivity index (χ4n) is 4.12. The number of allylic oxidation sites excluding steroid dienone is 2. The molecule has 180 valence electrons. The van der Waals surface area contributed by atoms with Gasteiger partial charge in [-0.15, -0.1) is 0 Å². The van der Waals surface area contributed by atoms with Crippen molar-refractivity contribution in [2.24, 2.45) is 0 Å². The molecule has 4 rings (SSSR count). The molecule has 8 nitrogen and oxygen atoms in total. The average Bonchev–Trinajstić information content (AvgIpc) is 3.48. The summed E-state index contributed by atoms with van der Waals surface area (Å²) in [6.07, 6.45) is 7.94. The minimum atomic E-state index is -0.542. The summed E-state index contributed by atoms with van der Waals surface area (Å²) in [6.45, 7) is 2.00. The first-order valence-corrected chi connectivity index (χ1v) is 11.5. The van der Waals surface area contributed by atoms with Crippen LogP contribution in [0, 0.1) is 5.82 Å². The van der Waals surface area contributed by atoms with Crippen LogP contribution in [0.1, 0.15) is 52.7 Å². The van der Waals surface area contributed by atoms with E-state index in [-0.39, 0.29) is 29.0 Å². The highest BCUT2D eigenvalue weighted by atomic mass is 35.5. The minimum Gasteiger partial charge on any atom is -0.347 e. The Labute approximate surface area is 205 Å². The molecule has 35 heavy (non-hydrogen) atoms. The monoisotopic (exact) mass is 495 g/mol. The number of rotatable bonds is 7. The molecule has 0 radical (unpaired) electrons. The summed E-state index contributed by atoms with van der Waals surface area (Å²) in [6, 6.07) is 6.94. The van der Waals surface area contributed by atoms with Gasteiger partial charge < -0.3 is 15.4 Å². The largest absolute Gasteiger partial charge is 0.347 e. The van der Waals surface area contributed by atoms with E-state index in [1.807, 2.05) is 19.1 Å². The molecule has 0 spiro atoms. The normalized spacial score (nSPS) is 17.7. The van der Waals surface area contributed by atoms with Crippen molar-refractivity contribution < 1.29 is 18.8 Å². The molecule has 2 aromatic heterocycles. The molecular weight excluding hydrogens is 473 g/mol. The molecule has 1 aliphatic rings. The number of halogens is 2. The molecule has 1 saturated carbocycles. The molecule has 1 aliphatic carbocycles. The van der Waals surface area contributed by atoms with Crippen molar-refractivity contribution in [2.45, 2.75) is 38.8 Å². The summed E-state index contributed by atoms with van der Waals surface area (Å²) in [5, 5.41) is 9.86. The Hall–Kier alpha value is -3.85. The van der Waals surface area contributed by atoms with Crippen molar-refractivity contribution >= 4 is 35.3 Å². The van der Waals surface area contributed by atoms with Gasteiger partial charge in [-0.25, -0.2) is 13.9 Å². The minimum absolute atomic E-state index is 0.0360. The van der Waals surface area contributed by atoms with Crippen LogP contribution in [0.3, 0.4) is 0 Å². The van der Waals surface area contributed by atoms with E-state index in [0.717, 1.165) is 23.9 Å². The smallest absolute Gasteiger partial charge is 0.270 e. The number of carbonyl (C=O) groups is 3. The van der Waals surface area contributed by atoms with E-state index < -0.39 is 17.6 Å². The fourth-order valence-corrected chi connectivity index (χ4v) is 4.32. The Morgan fingerprint density at radius 1 is 1.26 bits per heavy atom. The number of carbonyl (C=O) groups excluding carboxylic acids is 3. The Balaban J connectivity index is 1.54. The maximum atomic E-state index is 13.4. The maximum Gasteiger partial charge on any atom is 0.270 e. The number of aromatic nitrogens is 3. The lowest BCUT2D eigenvalue weighted by molar-refractivity contribution is -0.107. The summed E-state index contributed by atoms with van der Waals surface area (Å²) >= 11 is 5.80. The third-order valence-electron chi connectivity index (χ3n) is 5.79. The van der Waals surface area contributed by atoms with Crippen LogP contribution in [0.2, 0.25) is 5.02 Å². The number of amides is 2. The van der Waals surface area contributed by atoms with Gasteiger partial charge in [-0.3, -0.25) is 9.59 Å². The Morgan fingerprint density at radius 2 is 2.09 bits per heavy atom. The van der Waals surface area contributed by atoms with Crippen molar-refractivity contribution in [1.82, 2.24) is 25.2 Å². The molecule has 1 unspecified atom stereocenters. The standard InChI is InChI=1S/C25H23ClFN5O3/c1-2-17-16(4-3-11-33)6-8-20(17)31-25(35)22-13-21(30-23-9-10-29-32(22)23)24(34)28-14-15-5-7-19(27)18(26)12-15/h2,4-5,7,9-13,20H,3,6,8,14H2,1H3,(H,28,34)(H,31,35)/b16-4-,17-2+. The molecule has 0 aliphatic heterocycles. The molecule has 1 fully saturated rings. The lowest BCUT2D eigenvalue weighted by atomic mass is 10.1. The summed E-state index contributed by atoms with van der Waals surface area (Å²) in [4.78, 5) is 41.1. The Kier molecular flexibility index (Phi) is 7.36. The second kappa shape index (κ2) is 10.6. The van der Waals surface area contributed by atoms with E-state index in [2.05, 4.69) is 20.7 Å². The first kappa shape index (κ1) is 24.3. The number of nitrogens with one attached hydrogen (secondary N) is 2. The van der Waals surface area contributed by atoms with Crippen LogP contribution in [0.25, 0.3) is 5.65 Å². The number of hydrogen-bond acceptors (Lipinski definition) is 5. The van der Waals surface area contributed by atoms with Crippen molar-refractivity contribution in [1.29, 1.82) is 0 Å². The highest BCUT2D eigenvalue weighted by Crippen LogP contribution is 2.31. The van der Waals surface area contributed by atoms with E-state index in [1.165, 1.54) is 35.0 Å². The zero-order valence-electron chi connectivity index (χ0n) is 18.9. The summed E-state index contributed by atoms with van der Waals surface area (Å²) in [7, 11) is 0. The molecule has 1 aromatic carbocycles. The van der Waals surface area contributed by atoms with Gasteiger partial charge in [-0.05, 0) is 48.6 Å². The highest BCUT2D eigenvalue weighted by Gasteiger charge is 2.27. The van der Waals surface area contributed by atoms with Gasteiger partial charge in [0, 0.05) is 25.1 Å². The van der Waals surface area contributed by atoms with E-state index in [0.29, 0.717) is 24.1 Å². The third kappa shape index (κ3) is 5.30. The molecule has 2 N–H and O–H groups in total. The van der Waals surface area contributed by atoms with Crippen LogP contribution < -0.4 is 10.6 Å². The van der Waals surface area contributed by atoms with Gasteiger partial charge in [0.1, 0.15) is 23.5 Å². The van der Waals surface area contributed by atoms with E-state index in [9.17, 15) is 18.8 Å². The SMILES string of the molecule is C/C=C1\C(=C/CC=O)CCC1NC(=O)c1cc(C(=O)NCc2ccc(F)c(Cl)c2)nc2ccnn12. The topological polar surface area (TPSA) is 105 Å². The van der Waals surface area contributed by atoms with Gasteiger partial charge in [0.15, 0.2) is 5.65 Å². The molecule has 1 atom stereocenters. The van der Waals surface area contributed by atoms with Gasteiger partial charge in [0.05, 0.1) is 17.3 Å². The summed E-state index contributed by atoms with van der Waals surface area (Å²) < 4.78 is 14.7. The number of fused-ring (bicyclic) bond motifs is 1. The van der Waals surface area contributed by atoms with Gasteiger partial charge in [-0.1, -0.05) is 29.8 Å². The maximum absolute atomic E-state index is 13.4. The van der Waals surface area contributed by atoms with Crippen molar-refractivity contribution in [2.75, 3.05) is 0 Å². The lowest BCUT2D eigenvalue weighted by Crippen LogP contribution is -2.35. The van der Waals surface area contributed by atoms with E-state index in [4.69, 9.17) is 11.6 Å². The Morgan fingerprint density at radius 3 is 2.83 bits per heavy atom. The number of hydrogen-bond donors (Lipinski definition) is 2. The van der Waals surface area contributed by atoms with Crippen molar-refractivity contribution in [3.8, 4) is 0 Å². The average molecular weight is 496 g/mol. The third-order valence-corrected chi connectivity index (χ3v) is 6.08. The van der Waals surface area contributed by atoms with E-state index in [1.54, 1.807) is 6.07 Å². The quantitative estimate of drug-likeness (QED) is 0.485. The van der Waals surface area contributed by atoms with Crippen LogP contribution in [0.15, 0.2) is 59.8 Å². The van der Waals surface area contributed by atoms with Crippen LogP contribution >= 0.6 is 11.6 Å². The first-order chi connectivity index (χ1) is 16.9. The fraction of sp³-hybridized carbons (Fsp3) is 0.240. The highest BCUT2D eigenvalue weighted by molar-refractivity contribution is 6.30. The molecule has 10 heteroatoms. The Bertz CT molecular complexity index is 1360. The number of nitrogens with zero attached hydrogens (tertiary/aromatic N) is 3. The van der Waals surface area contributed by atoms with Crippen molar-refractivity contribution in [3.05, 3.63) is 87.6 Å². The van der Waals surface area contributed by atoms with Crippen LogP contribution in [-0.2, 0) is 11.3 Å². The zero-order valence-corrected chi connectivity index (χ0v) is 19.7. The van der Waals surface area contributed by atoms with Crippen LogP contribution in [0.5, 0.6) is 0 Å². The zero-order chi connectivity index (χ0) is 24.9. The second-order valence-electron chi connectivity index (χ2n) is 8.00. The predicted octanol–water partition coefficient (Wildman–Crippen LogP) is 3.81. The number of aldehydes is 1. The van der Waals surface area contributed by atoms with Crippen LogP contribution in [-0.4, -0.2) is 38.7 Å². The van der Waals surface area contributed by atoms with Crippen molar-refractivity contribution in [3.63, 3.8) is 0 Å². The first-order valence-electron chi connectivity index (χ1n) is 11.1. The number of benzene rings is 1. The molecule has 2 amide bonds. The second-order valence-corrected chi connectivity index (χ2v) is 8.41. The van der Waals surface area contributed by atoms with Gasteiger partial charge >= 0.3 is 0 Å². The molecule has 3 aromatic rings. The molecule has 0 bridgehead atoms. The molecule has 2 heterocycles. The van der Waals surface area contributed by atoms with Gasteiger partial charge in [0.2, 0.25) is 0 Å². The van der Waals surface area contributed by atoms with E-state index >= 15 is 0 Å². The van der Waals surface area contributed by atoms with Gasteiger partial charge in [0.25, 0.3) is 11.8 Å². The summed E-state index contributed by atoms with van der Waals surface area (Å²) in [5.41, 5.74) is 3.19. The molecule has 0 saturated heterocycles.